The summed E-state index contributed by atoms with van der Waals surface area (Å²) in [6, 6.07) is 4.22. The van der Waals surface area contributed by atoms with E-state index in [0.717, 1.165) is 12.8 Å². The van der Waals surface area contributed by atoms with Crippen LogP contribution in [-0.4, -0.2) is 0 Å². The topological polar surface area (TPSA) is 0 Å². The summed E-state index contributed by atoms with van der Waals surface area (Å²) in [6.07, 6.45) is 4.47. The highest BCUT2D eigenvalue weighted by atomic mass is 32.1. The molecule has 0 nitrogen and oxygen atoms in total. The van der Waals surface area contributed by atoms with Gasteiger partial charge in [0, 0.05) is 17.7 Å². The van der Waals surface area contributed by atoms with Crippen LogP contribution in [0.15, 0.2) is 17.5 Å². The van der Waals surface area contributed by atoms with E-state index < -0.39 is 0 Å². The van der Waals surface area contributed by atoms with Gasteiger partial charge in [0.15, 0.2) is 0 Å². The van der Waals surface area contributed by atoms with Crippen molar-refractivity contribution in [2.24, 2.45) is 0 Å². The zero-order valence-electron chi connectivity index (χ0n) is 7.47. The van der Waals surface area contributed by atoms with Crippen LogP contribution in [0.25, 0.3) is 0 Å². The van der Waals surface area contributed by atoms with Crippen LogP contribution in [0.5, 0.6) is 0 Å². The molecule has 0 aliphatic rings. The van der Waals surface area contributed by atoms with Crippen LogP contribution in [0.1, 0.15) is 31.1 Å². The molecule has 0 atom stereocenters. The van der Waals surface area contributed by atoms with Crippen LogP contribution >= 0.6 is 11.3 Å². The number of hydrogen-bond acceptors (Lipinski definition) is 1. The molecule has 0 bridgehead atoms. The third-order valence-electron chi connectivity index (χ3n) is 1.62. The summed E-state index contributed by atoms with van der Waals surface area (Å²) in [5.41, 5.74) is 0. The first kappa shape index (κ1) is 9.35. The molecule has 0 saturated heterocycles. The van der Waals surface area contributed by atoms with E-state index in [1.165, 1.54) is 17.7 Å². The molecule has 64 valence electrons. The lowest BCUT2D eigenvalue weighted by molar-refractivity contribution is 0.827. The minimum absolute atomic E-state index is 0.932. The lowest BCUT2D eigenvalue weighted by atomic mass is 10.2. The van der Waals surface area contributed by atoms with Crippen molar-refractivity contribution in [3.05, 3.63) is 22.4 Å². The normalized spacial score (nSPS) is 9.08. The third-order valence-corrected chi connectivity index (χ3v) is 2.50. The maximum atomic E-state index is 3.18. The molecular weight excluding hydrogens is 164 g/mol. The van der Waals surface area contributed by atoms with Crippen LogP contribution in [0.2, 0.25) is 0 Å². The SMILES string of the molecule is CCCCC#CCc1cccs1. The summed E-state index contributed by atoms with van der Waals surface area (Å²) in [6.45, 7) is 2.20. The Morgan fingerprint density at radius 3 is 3.00 bits per heavy atom. The maximum absolute atomic E-state index is 3.18. The summed E-state index contributed by atoms with van der Waals surface area (Å²) in [5, 5.41) is 2.10. The molecule has 1 rings (SSSR count). The van der Waals surface area contributed by atoms with E-state index in [-0.39, 0.29) is 0 Å². The van der Waals surface area contributed by atoms with Crippen LogP contribution in [0.3, 0.4) is 0 Å². The fourth-order valence-electron chi connectivity index (χ4n) is 0.916. The molecule has 0 unspecified atom stereocenters. The van der Waals surface area contributed by atoms with Gasteiger partial charge in [0.25, 0.3) is 0 Å². The van der Waals surface area contributed by atoms with Crippen molar-refractivity contribution < 1.29 is 0 Å². The van der Waals surface area contributed by atoms with Gasteiger partial charge in [-0.3, -0.25) is 0 Å². The third kappa shape index (κ3) is 3.59. The van der Waals surface area contributed by atoms with Crippen LogP contribution in [0.4, 0.5) is 0 Å². The van der Waals surface area contributed by atoms with Gasteiger partial charge in [-0.2, -0.15) is 0 Å². The minimum Gasteiger partial charge on any atom is -0.148 e. The highest BCUT2D eigenvalue weighted by Gasteiger charge is 1.86. The van der Waals surface area contributed by atoms with Crippen molar-refractivity contribution >= 4 is 11.3 Å². The van der Waals surface area contributed by atoms with Crippen molar-refractivity contribution in [3.63, 3.8) is 0 Å². The lowest BCUT2D eigenvalue weighted by Crippen LogP contribution is -1.73. The van der Waals surface area contributed by atoms with Crippen LogP contribution in [-0.2, 0) is 6.42 Å². The molecule has 1 heteroatoms. The van der Waals surface area contributed by atoms with Crippen molar-refractivity contribution in [3.8, 4) is 11.8 Å². The van der Waals surface area contributed by atoms with Crippen molar-refractivity contribution in [2.75, 3.05) is 0 Å². The molecule has 0 aromatic carbocycles. The highest BCUT2D eigenvalue weighted by molar-refractivity contribution is 7.09. The predicted octanol–water partition coefficient (Wildman–Crippen LogP) is 3.48. The fraction of sp³-hybridized carbons (Fsp3) is 0.455. The van der Waals surface area contributed by atoms with E-state index in [1.807, 2.05) is 0 Å². The minimum atomic E-state index is 0.932. The lowest BCUT2D eigenvalue weighted by Gasteiger charge is -1.85. The molecule has 0 fully saturated rings. The fourth-order valence-corrected chi connectivity index (χ4v) is 1.56. The molecule has 0 amide bonds. The second-order valence-corrected chi connectivity index (χ2v) is 3.75. The standard InChI is InChI=1S/C11H14S/c1-2-3-4-5-6-8-11-9-7-10-12-11/h7,9-10H,2-4,8H2,1H3. The summed E-state index contributed by atoms with van der Waals surface area (Å²) in [5.74, 6) is 6.36. The molecular formula is C11H14S. The Bertz CT molecular complexity index is 248. The Labute approximate surface area is 78.6 Å². The largest absolute Gasteiger partial charge is 0.148 e. The highest BCUT2D eigenvalue weighted by Crippen LogP contribution is 2.07. The molecule has 0 aliphatic heterocycles. The Morgan fingerprint density at radius 1 is 1.42 bits per heavy atom. The number of unbranched alkanes of at least 4 members (excludes halogenated alkanes) is 2. The van der Waals surface area contributed by atoms with Gasteiger partial charge < -0.3 is 0 Å². The first-order valence-electron chi connectivity index (χ1n) is 4.41. The monoisotopic (exact) mass is 178 g/mol. The maximum Gasteiger partial charge on any atom is 0.0434 e. The average Bonchev–Trinajstić information content (AvgIpc) is 2.57. The molecule has 0 N–H and O–H groups in total. The van der Waals surface area contributed by atoms with Gasteiger partial charge in [0.05, 0.1) is 0 Å². The molecule has 0 saturated carbocycles. The summed E-state index contributed by atoms with van der Waals surface area (Å²) in [7, 11) is 0. The smallest absolute Gasteiger partial charge is 0.0434 e. The Kier molecular flexibility index (Phi) is 4.56. The quantitative estimate of drug-likeness (QED) is 0.491. The van der Waals surface area contributed by atoms with Crippen molar-refractivity contribution in [1.29, 1.82) is 0 Å². The summed E-state index contributed by atoms with van der Waals surface area (Å²) < 4.78 is 0. The average molecular weight is 178 g/mol. The summed E-state index contributed by atoms with van der Waals surface area (Å²) >= 11 is 1.78. The van der Waals surface area contributed by atoms with Gasteiger partial charge in [-0.05, 0) is 17.9 Å². The molecule has 0 aliphatic carbocycles. The van der Waals surface area contributed by atoms with Gasteiger partial charge in [-0.15, -0.1) is 17.3 Å². The molecule has 0 radical (unpaired) electrons. The zero-order chi connectivity index (χ0) is 8.65. The molecule has 12 heavy (non-hydrogen) atoms. The Balaban J connectivity index is 2.19. The Hall–Kier alpha value is -0.740. The first-order chi connectivity index (χ1) is 5.93. The van der Waals surface area contributed by atoms with E-state index in [9.17, 15) is 0 Å². The number of hydrogen-bond donors (Lipinski definition) is 0. The van der Waals surface area contributed by atoms with Gasteiger partial charge in [0.1, 0.15) is 0 Å². The first-order valence-corrected chi connectivity index (χ1v) is 5.29. The second-order valence-electron chi connectivity index (χ2n) is 2.71. The molecule has 0 spiro atoms. The predicted molar refractivity (Wildman–Crippen MR) is 55.3 cm³/mol. The van der Waals surface area contributed by atoms with Crippen molar-refractivity contribution in [2.45, 2.75) is 32.6 Å². The number of thiophene rings is 1. The van der Waals surface area contributed by atoms with E-state index in [2.05, 4.69) is 36.3 Å². The van der Waals surface area contributed by atoms with Gasteiger partial charge in [-0.1, -0.05) is 25.3 Å². The molecule has 1 heterocycles. The van der Waals surface area contributed by atoms with E-state index in [1.54, 1.807) is 11.3 Å². The van der Waals surface area contributed by atoms with Gasteiger partial charge in [-0.25, -0.2) is 0 Å². The van der Waals surface area contributed by atoms with Gasteiger partial charge in [0.2, 0.25) is 0 Å². The second kappa shape index (κ2) is 5.85. The summed E-state index contributed by atoms with van der Waals surface area (Å²) in [4.78, 5) is 1.37. The van der Waals surface area contributed by atoms with Crippen LogP contribution in [0, 0.1) is 11.8 Å². The van der Waals surface area contributed by atoms with E-state index in [0.29, 0.717) is 0 Å². The van der Waals surface area contributed by atoms with E-state index in [4.69, 9.17) is 0 Å². The van der Waals surface area contributed by atoms with Gasteiger partial charge >= 0.3 is 0 Å². The molecule has 1 aromatic rings. The zero-order valence-corrected chi connectivity index (χ0v) is 8.29. The van der Waals surface area contributed by atoms with Crippen LogP contribution < -0.4 is 0 Å². The van der Waals surface area contributed by atoms with E-state index >= 15 is 0 Å². The number of rotatable bonds is 3. The Morgan fingerprint density at radius 2 is 2.33 bits per heavy atom. The molecule has 1 aromatic heterocycles. The van der Waals surface area contributed by atoms with Crippen molar-refractivity contribution in [1.82, 2.24) is 0 Å².